The van der Waals surface area contributed by atoms with E-state index >= 15 is 0 Å². The molecule has 2 aromatic rings. The zero-order valence-electron chi connectivity index (χ0n) is 23.6. The Bertz CT molecular complexity index is 1210. The van der Waals surface area contributed by atoms with E-state index in [-0.39, 0.29) is 17.3 Å². The van der Waals surface area contributed by atoms with Gasteiger partial charge in [-0.3, -0.25) is 5.32 Å². The van der Waals surface area contributed by atoms with Crippen molar-refractivity contribution in [3.8, 4) is 0 Å². The number of unbranched alkanes of at least 4 members (excludes halogenated alkanes) is 2. The highest BCUT2D eigenvalue weighted by atomic mass is 35.5. The van der Waals surface area contributed by atoms with Gasteiger partial charge in [0.15, 0.2) is 9.84 Å². The SMILES string of the molecule is CCCCC1(CCCC)CS(=O)(=O)c2ccc(N(C)C)cc2[C@@H](c2cccc(NC(=O)OCCCCl)c2)[C@H]1O. The van der Waals surface area contributed by atoms with Gasteiger partial charge in [-0.1, -0.05) is 51.7 Å². The van der Waals surface area contributed by atoms with E-state index in [1.54, 1.807) is 12.1 Å². The summed E-state index contributed by atoms with van der Waals surface area (Å²) in [6.07, 6.45) is 3.77. The van der Waals surface area contributed by atoms with Crippen LogP contribution < -0.4 is 10.2 Å². The lowest BCUT2D eigenvalue weighted by molar-refractivity contribution is 0.0127. The first kappa shape index (κ1) is 31.2. The van der Waals surface area contributed by atoms with E-state index in [9.17, 15) is 18.3 Å². The molecule has 0 saturated heterocycles. The number of hydrogen-bond acceptors (Lipinski definition) is 6. The van der Waals surface area contributed by atoms with Gasteiger partial charge in [-0.25, -0.2) is 13.2 Å². The Balaban J connectivity index is 2.18. The molecule has 0 aliphatic carbocycles. The summed E-state index contributed by atoms with van der Waals surface area (Å²) in [5.41, 5.74) is 1.91. The number of hydrogen-bond donors (Lipinski definition) is 2. The highest BCUT2D eigenvalue weighted by Gasteiger charge is 2.49. The summed E-state index contributed by atoms with van der Waals surface area (Å²) in [4.78, 5) is 14.5. The minimum Gasteiger partial charge on any atom is -0.449 e. The van der Waals surface area contributed by atoms with Crippen molar-refractivity contribution in [1.29, 1.82) is 0 Å². The Labute approximate surface area is 238 Å². The molecule has 0 saturated carbocycles. The van der Waals surface area contributed by atoms with Gasteiger partial charge in [-0.05, 0) is 60.7 Å². The number of alkyl halides is 1. The van der Waals surface area contributed by atoms with E-state index in [1.807, 2.05) is 49.3 Å². The van der Waals surface area contributed by atoms with Crippen molar-refractivity contribution in [1.82, 2.24) is 0 Å². The molecule has 0 radical (unpaired) electrons. The normalized spacial score (nSPS) is 19.5. The first-order chi connectivity index (χ1) is 18.6. The van der Waals surface area contributed by atoms with Crippen LogP contribution in [0.2, 0.25) is 0 Å². The number of nitrogens with one attached hydrogen (secondary N) is 1. The highest BCUT2D eigenvalue weighted by Crippen LogP contribution is 2.50. The van der Waals surface area contributed by atoms with Gasteiger partial charge in [0.25, 0.3) is 0 Å². The summed E-state index contributed by atoms with van der Waals surface area (Å²) in [7, 11) is 0.132. The maximum Gasteiger partial charge on any atom is 0.411 e. The molecule has 0 bridgehead atoms. The molecule has 0 unspecified atom stereocenters. The number of halogens is 1. The number of fused-ring (bicyclic) bond motifs is 1. The Morgan fingerprint density at radius 2 is 1.79 bits per heavy atom. The van der Waals surface area contributed by atoms with Gasteiger partial charge in [-0.2, -0.15) is 0 Å². The van der Waals surface area contributed by atoms with Gasteiger partial charge in [0.1, 0.15) is 0 Å². The molecule has 39 heavy (non-hydrogen) atoms. The smallest absolute Gasteiger partial charge is 0.411 e. The summed E-state index contributed by atoms with van der Waals surface area (Å²) in [5, 5.41) is 15.0. The average molecular weight is 579 g/mol. The first-order valence-corrected chi connectivity index (χ1v) is 16.1. The molecule has 0 spiro atoms. The molecular formula is C30H43ClN2O5S. The molecule has 1 aliphatic heterocycles. The fourth-order valence-electron chi connectivity index (χ4n) is 5.57. The van der Waals surface area contributed by atoms with E-state index in [4.69, 9.17) is 16.3 Å². The van der Waals surface area contributed by atoms with Crippen LogP contribution in [-0.2, 0) is 14.6 Å². The number of sulfone groups is 1. The lowest BCUT2D eigenvalue weighted by Crippen LogP contribution is -2.43. The molecule has 0 fully saturated rings. The van der Waals surface area contributed by atoms with E-state index in [2.05, 4.69) is 19.2 Å². The summed E-state index contributed by atoms with van der Waals surface area (Å²) < 4.78 is 33.1. The Kier molecular flexibility index (Phi) is 11.1. The van der Waals surface area contributed by atoms with E-state index in [0.717, 1.165) is 36.9 Å². The third-order valence-corrected chi connectivity index (χ3v) is 9.92. The number of rotatable bonds is 12. The summed E-state index contributed by atoms with van der Waals surface area (Å²) in [5.74, 6) is -0.284. The number of carbonyl (C=O) groups excluding carboxylic acids is 1. The summed E-state index contributed by atoms with van der Waals surface area (Å²) in [6.45, 7) is 4.39. The summed E-state index contributed by atoms with van der Waals surface area (Å²) in [6, 6.07) is 12.7. The molecule has 1 heterocycles. The molecule has 2 atom stereocenters. The maximum atomic E-state index is 14.0. The third kappa shape index (κ3) is 7.47. The van der Waals surface area contributed by atoms with Crippen LogP contribution in [0, 0.1) is 5.41 Å². The maximum absolute atomic E-state index is 14.0. The fourth-order valence-corrected chi connectivity index (χ4v) is 7.87. The molecule has 3 rings (SSSR count). The van der Waals surface area contributed by atoms with Crippen molar-refractivity contribution in [3.05, 3.63) is 53.6 Å². The van der Waals surface area contributed by atoms with Gasteiger partial charge in [0.2, 0.25) is 0 Å². The minimum atomic E-state index is -3.68. The van der Waals surface area contributed by atoms with Gasteiger partial charge in [0, 0.05) is 42.7 Å². The molecule has 1 amide bonds. The van der Waals surface area contributed by atoms with Gasteiger partial charge in [0.05, 0.1) is 23.4 Å². The molecule has 7 nitrogen and oxygen atoms in total. The van der Waals surface area contributed by atoms with Crippen LogP contribution in [0.15, 0.2) is 47.4 Å². The van der Waals surface area contributed by atoms with Crippen molar-refractivity contribution in [2.24, 2.45) is 5.41 Å². The van der Waals surface area contributed by atoms with Crippen LogP contribution in [0.25, 0.3) is 0 Å². The second kappa shape index (κ2) is 13.9. The zero-order valence-corrected chi connectivity index (χ0v) is 25.2. The number of amides is 1. The number of aliphatic hydroxyl groups is 1. The fraction of sp³-hybridized carbons (Fsp3) is 0.567. The van der Waals surface area contributed by atoms with E-state index in [0.29, 0.717) is 36.4 Å². The van der Waals surface area contributed by atoms with Crippen molar-refractivity contribution < 1.29 is 23.1 Å². The first-order valence-electron chi connectivity index (χ1n) is 13.9. The number of carbonyl (C=O) groups is 1. The second-order valence-electron chi connectivity index (χ2n) is 10.8. The van der Waals surface area contributed by atoms with Crippen molar-refractivity contribution in [2.45, 2.75) is 75.7 Å². The molecule has 2 aromatic carbocycles. The van der Waals surface area contributed by atoms with Crippen molar-refractivity contribution >= 4 is 38.9 Å². The Morgan fingerprint density at radius 1 is 1.10 bits per heavy atom. The second-order valence-corrected chi connectivity index (χ2v) is 13.1. The van der Waals surface area contributed by atoms with Gasteiger partial charge < -0.3 is 14.7 Å². The Morgan fingerprint density at radius 3 is 2.41 bits per heavy atom. The molecule has 2 N–H and O–H groups in total. The molecule has 1 aliphatic rings. The Hall–Kier alpha value is -2.29. The summed E-state index contributed by atoms with van der Waals surface area (Å²) >= 11 is 5.68. The monoisotopic (exact) mass is 578 g/mol. The molecular weight excluding hydrogens is 536 g/mol. The average Bonchev–Trinajstić information content (AvgIpc) is 2.97. The van der Waals surface area contributed by atoms with Crippen LogP contribution in [0.1, 0.15) is 75.8 Å². The lowest BCUT2D eigenvalue weighted by Gasteiger charge is -2.40. The van der Waals surface area contributed by atoms with E-state index in [1.165, 1.54) is 0 Å². The molecule has 216 valence electrons. The number of nitrogens with zero attached hydrogens (tertiary/aromatic N) is 1. The van der Waals surface area contributed by atoms with Crippen molar-refractivity contribution in [3.63, 3.8) is 0 Å². The van der Waals surface area contributed by atoms with Crippen LogP contribution in [0.5, 0.6) is 0 Å². The van der Waals surface area contributed by atoms with Crippen LogP contribution >= 0.6 is 11.6 Å². The minimum absolute atomic E-state index is 0.0865. The van der Waals surface area contributed by atoms with Gasteiger partial charge in [-0.15, -0.1) is 11.6 Å². The molecule has 9 heteroatoms. The van der Waals surface area contributed by atoms with Crippen LogP contribution in [-0.4, -0.2) is 58.1 Å². The predicted octanol–water partition coefficient (Wildman–Crippen LogP) is 6.58. The number of benzene rings is 2. The zero-order chi connectivity index (χ0) is 28.6. The lowest BCUT2D eigenvalue weighted by atomic mass is 9.68. The standard InChI is InChI=1S/C30H43ClN2O5S/c1-5-7-15-30(16-8-6-2)21-39(36,37)26-14-13-24(33(3)4)20-25(26)27(28(30)34)22-11-9-12-23(19-22)32-29(35)38-18-10-17-31/h9,11-14,19-20,27-28,34H,5-8,10,15-18,21H2,1-4H3,(H,32,35)/t27-,28-/m1/s1. The third-order valence-electron chi connectivity index (χ3n) is 7.66. The van der Waals surface area contributed by atoms with Crippen LogP contribution in [0.3, 0.4) is 0 Å². The van der Waals surface area contributed by atoms with Crippen molar-refractivity contribution in [2.75, 3.05) is 42.6 Å². The topological polar surface area (TPSA) is 95.9 Å². The van der Waals surface area contributed by atoms with Gasteiger partial charge >= 0.3 is 6.09 Å². The largest absolute Gasteiger partial charge is 0.449 e. The quantitative estimate of drug-likeness (QED) is 0.218. The number of ether oxygens (including phenoxy) is 1. The van der Waals surface area contributed by atoms with Crippen LogP contribution in [0.4, 0.5) is 16.2 Å². The molecule has 0 aromatic heterocycles. The predicted molar refractivity (Wildman–Crippen MR) is 159 cm³/mol. The number of aliphatic hydroxyl groups excluding tert-OH is 1. The number of anilines is 2. The highest BCUT2D eigenvalue weighted by molar-refractivity contribution is 7.91. The van der Waals surface area contributed by atoms with E-state index < -0.39 is 33.4 Å².